The van der Waals surface area contributed by atoms with Gasteiger partial charge in [-0.15, -0.1) is 11.3 Å². The zero-order valence-corrected chi connectivity index (χ0v) is 14.6. The number of benzene rings is 1. The van der Waals surface area contributed by atoms with Crippen LogP contribution in [0.5, 0.6) is 0 Å². The van der Waals surface area contributed by atoms with Crippen molar-refractivity contribution in [1.29, 1.82) is 0 Å². The first-order valence-corrected chi connectivity index (χ1v) is 8.56. The Hall–Kier alpha value is -3.00. The SMILES string of the molecule is CN(C)c1noc(CNc2ncnc3sc(-c4ccccc4)cc23)n1. The van der Waals surface area contributed by atoms with Gasteiger partial charge in [-0.1, -0.05) is 30.3 Å². The zero-order chi connectivity index (χ0) is 17.2. The molecule has 0 aliphatic heterocycles. The third kappa shape index (κ3) is 3.16. The summed E-state index contributed by atoms with van der Waals surface area (Å²) in [6, 6.07) is 12.4. The van der Waals surface area contributed by atoms with Gasteiger partial charge in [0.1, 0.15) is 17.0 Å². The fourth-order valence-corrected chi connectivity index (χ4v) is 3.40. The van der Waals surface area contributed by atoms with Crippen molar-refractivity contribution in [3.8, 4) is 10.4 Å². The van der Waals surface area contributed by atoms with Crippen LogP contribution in [0.3, 0.4) is 0 Å². The van der Waals surface area contributed by atoms with Crippen LogP contribution in [0.25, 0.3) is 20.7 Å². The molecule has 126 valence electrons. The number of hydrogen-bond donors (Lipinski definition) is 1. The first-order chi connectivity index (χ1) is 12.2. The molecular weight excluding hydrogens is 336 g/mol. The number of fused-ring (bicyclic) bond motifs is 1. The van der Waals surface area contributed by atoms with Gasteiger partial charge in [0.2, 0.25) is 5.89 Å². The van der Waals surface area contributed by atoms with Crippen LogP contribution in [0, 0.1) is 0 Å². The van der Waals surface area contributed by atoms with E-state index in [1.165, 1.54) is 5.56 Å². The molecule has 25 heavy (non-hydrogen) atoms. The highest BCUT2D eigenvalue weighted by Gasteiger charge is 2.12. The van der Waals surface area contributed by atoms with Gasteiger partial charge in [0.05, 0.1) is 11.9 Å². The van der Waals surface area contributed by atoms with Crippen molar-refractivity contribution in [1.82, 2.24) is 20.1 Å². The van der Waals surface area contributed by atoms with E-state index in [4.69, 9.17) is 4.52 Å². The summed E-state index contributed by atoms with van der Waals surface area (Å²) in [6.07, 6.45) is 1.56. The van der Waals surface area contributed by atoms with E-state index in [1.54, 1.807) is 22.6 Å². The summed E-state index contributed by atoms with van der Waals surface area (Å²) >= 11 is 1.65. The molecule has 0 aliphatic rings. The van der Waals surface area contributed by atoms with Crippen molar-refractivity contribution in [3.05, 3.63) is 48.6 Å². The largest absolute Gasteiger partial charge is 0.360 e. The van der Waals surface area contributed by atoms with Gasteiger partial charge in [-0.2, -0.15) is 4.98 Å². The minimum Gasteiger partial charge on any atom is -0.360 e. The van der Waals surface area contributed by atoms with Gasteiger partial charge in [0, 0.05) is 19.0 Å². The monoisotopic (exact) mass is 352 g/mol. The van der Waals surface area contributed by atoms with Crippen molar-refractivity contribution in [2.75, 3.05) is 24.3 Å². The van der Waals surface area contributed by atoms with Gasteiger partial charge in [0.25, 0.3) is 5.95 Å². The molecule has 0 amide bonds. The Morgan fingerprint density at radius 1 is 1.16 bits per heavy atom. The van der Waals surface area contributed by atoms with Gasteiger partial charge in [0.15, 0.2) is 0 Å². The molecule has 0 spiro atoms. The fourth-order valence-electron chi connectivity index (χ4n) is 2.40. The van der Waals surface area contributed by atoms with E-state index >= 15 is 0 Å². The smallest absolute Gasteiger partial charge is 0.265 e. The van der Waals surface area contributed by atoms with Crippen LogP contribution >= 0.6 is 11.3 Å². The third-order valence-corrected chi connectivity index (χ3v) is 4.74. The number of nitrogens with one attached hydrogen (secondary N) is 1. The van der Waals surface area contributed by atoms with Gasteiger partial charge in [-0.3, -0.25) is 0 Å². The maximum absolute atomic E-state index is 5.23. The number of thiophene rings is 1. The first-order valence-electron chi connectivity index (χ1n) is 7.74. The topological polar surface area (TPSA) is 80.0 Å². The summed E-state index contributed by atoms with van der Waals surface area (Å²) < 4.78 is 5.23. The Bertz CT molecular complexity index is 995. The van der Waals surface area contributed by atoms with Crippen molar-refractivity contribution >= 4 is 33.3 Å². The molecule has 0 atom stereocenters. The molecule has 0 unspecified atom stereocenters. The Morgan fingerprint density at radius 2 is 2.00 bits per heavy atom. The summed E-state index contributed by atoms with van der Waals surface area (Å²) in [5.41, 5.74) is 1.17. The van der Waals surface area contributed by atoms with Gasteiger partial charge < -0.3 is 14.7 Å². The molecule has 0 bridgehead atoms. The van der Waals surface area contributed by atoms with Gasteiger partial charge in [-0.05, 0) is 16.8 Å². The minimum absolute atomic E-state index is 0.406. The Balaban J connectivity index is 1.60. The molecule has 0 fully saturated rings. The summed E-state index contributed by atoms with van der Waals surface area (Å²) in [6.45, 7) is 0.406. The highest BCUT2D eigenvalue weighted by Crippen LogP contribution is 2.34. The van der Waals surface area contributed by atoms with Crippen LogP contribution in [0.2, 0.25) is 0 Å². The molecule has 1 N–H and O–H groups in total. The van der Waals surface area contributed by atoms with Crippen molar-refractivity contribution in [2.45, 2.75) is 6.54 Å². The maximum atomic E-state index is 5.23. The first kappa shape index (κ1) is 15.5. The lowest BCUT2D eigenvalue weighted by Gasteiger charge is -2.03. The molecule has 0 radical (unpaired) electrons. The molecule has 4 rings (SSSR count). The van der Waals surface area contributed by atoms with Crippen LogP contribution < -0.4 is 10.2 Å². The van der Waals surface area contributed by atoms with Crippen LogP contribution in [-0.4, -0.2) is 34.2 Å². The highest BCUT2D eigenvalue weighted by atomic mass is 32.1. The quantitative estimate of drug-likeness (QED) is 0.589. The lowest BCUT2D eigenvalue weighted by atomic mass is 10.2. The molecule has 1 aromatic carbocycles. The minimum atomic E-state index is 0.406. The van der Waals surface area contributed by atoms with Gasteiger partial charge in [-0.25, -0.2) is 9.97 Å². The molecule has 7 nitrogen and oxygen atoms in total. The molecule has 3 aromatic heterocycles. The molecule has 0 saturated heterocycles. The standard InChI is InChI=1S/C17H16N6OS/c1-23(2)17-21-14(24-22-17)9-18-15-12-8-13(11-6-4-3-5-7-11)25-16(12)20-10-19-15/h3-8,10H,9H2,1-2H3,(H,18,19,20). The summed E-state index contributed by atoms with van der Waals surface area (Å²) in [4.78, 5) is 16.9. The van der Waals surface area contributed by atoms with Gasteiger partial charge >= 0.3 is 0 Å². The molecule has 4 aromatic rings. The summed E-state index contributed by atoms with van der Waals surface area (Å²) in [5, 5.41) is 8.15. The van der Waals surface area contributed by atoms with E-state index in [2.05, 4.69) is 43.6 Å². The second-order valence-corrected chi connectivity index (χ2v) is 6.68. The third-order valence-electron chi connectivity index (χ3n) is 3.65. The zero-order valence-electron chi connectivity index (χ0n) is 13.8. The van der Waals surface area contributed by atoms with E-state index in [1.807, 2.05) is 32.3 Å². The molecule has 8 heteroatoms. The van der Waals surface area contributed by atoms with E-state index in [0.717, 1.165) is 20.9 Å². The highest BCUT2D eigenvalue weighted by molar-refractivity contribution is 7.21. The predicted octanol–water partition coefficient (Wildman–Crippen LogP) is 3.42. The number of rotatable bonds is 5. The van der Waals surface area contributed by atoms with E-state index < -0.39 is 0 Å². The summed E-state index contributed by atoms with van der Waals surface area (Å²) in [7, 11) is 3.74. The summed E-state index contributed by atoms with van der Waals surface area (Å²) in [5.74, 6) is 1.81. The Morgan fingerprint density at radius 3 is 2.76 bits per heavy atom. The normalized spacial score (nSPS) is 11.0. The lowest BCUT2D eigenvalue weighted by molar-refractivity contribution is 0.383. The lowest BCUT2D eigenvalue weighted by Crippen LogP contribution is -2.10. The van der Waals surface area contributed by atoms with Crippen molar-refractivity contribution < 1.29 is 4.52 Å². The average molecular weight is 352 g/mol. The number of hydrogen-bond acceptors (Lipinski definition) is 8. The number of nitrogens with zero attached hydrogens (tertiary/aromatic N) is 5. The second-order valence-electron chi connectivity index (χ2n) is 5.65. The average Bonchev–Trinajstić information content (AvgIpc) is 3.28. The molecule has 0 saturated carbocycles. The molecule has 0 aliphatic carbocycles. The van der Waals surface area contributed by atoms with E-state index in [-0.39, 0.29) is 0 Å². The maximum Gasteiger partial charge on any atom is 0.265 e. The molecule has 3 heterocycles. The van der Waals surface area contributed by atoms with E-state index in [9.17, 15) is 0 Å². The van der Waals surface area contributed by atoms with Crippen LogP contribution in [0.4, 0.5) is 11.8 Å². The number of anilines is 2. The van der Waals surface area contributed by atoms with Crippen molar-refractivity contribution in [3.63, 3.8) is 0 Å². The Kier molecular flexibility index (Phi) is 4.02. The second kappa shape index (κ2) is 6.48. The van der Waals surface area contributed by atoms with Crippen LogP contribution in [0.15, 0.2) is 47.2 Å². The fraction of sp³-hybridized carbons (Fsp3) is 0.176. The number of aromatic nitrogens is 4. The van der Waals surface area contributed by atoms with E-state index in [0.29, 0.717) is 18.4 Å². The Labute approximate surface area is 148 Å². The van der Waals surface area contributed by atoms with Crippen LogP contribution in [-0.2, 0) is 6.54 Å². The predicted molar refractivity (Wildman–Crippen MR) is 98.8 cm³/mol. The molecular formula is C17H16N6OS. The van der Waals surface area contributed by atoms with Crippen molar-refractivity contribution in [2.24, 2.45) is 0 Å². The van der Waals surface area contributed by atoms with Crippen LogP contribution in [0.1, 0.15) is 5.89 Å².